The fourth-order valence-electron chi connectivity index (χ4n) is 6.42. The molecule has 1 aliphatic rings. The van der Waals surface area contributed by atoms with Gasteiger partial charge in [0.1, 0.15) is 11.6 Å². The molecule has 0 radical (unpaired) electrons. The van der Waals surface area contributed by atoms with Gasteiger partial charge in [0.2, 0.25) is 0 Å². The predicted molar refractivity (Wildman–Crippen MR) is 251 cm³/mol. The summed E-state index contributed by atoms with van der Waals surface area (Å²) in [6.45, 7) is 22.9. The van der Waals surface area contributed by atoms with E-state index >= 15 is 0 Å². The molecule has 0 amide bonds. The van der Waals surface area contributed by atoms with Crippen LogP contribution in [0.2, 0.25) is 20.1 Å². The summed E-state index contributed by atoms with van der Waals surface area (Å²) < 4.78 is 52.3. The first-order chi connectivity index (χ1) is 27.8. The summed E-state index contributed by atoms with van der Waals surface area (Å²) in [7, 11) is -0.558. The predicted octanol–water partition coefficient (Wildman–Crippen LogP) is 13.9. The number of carbonyl (C=O) groups is 2. The first kappa shape index (κ1) is 51.9. The minimum Gasteiger partial charge on any atom is -0.466 e. The highest BCUT2D eigenvalue weighted by atomic mass is 127. The van der Waals surface area contributed by atoms with E-state index in [2.05, 4.69) is 22.6 Å². The zero-order valence-electron chi connectivity index (χ0n) is 36.3. The molecule has 0 N–H and O–H groups in total. The van der Waals surface area contributed by atoms with Crippen molar-refractivity contribution in [2.24, 2.45) is 0 Å². The average Bonchev–Trinajstić information content (AvgIpc) is 3.35. The molecule has 5 rings (SSSR count). The normalized spacial score (nSPS) is 14.9. The van der Waals surface area contributed by atoms with Gasteiger partial charge in [-0.3, -0.25) is 9.59 Å². The van der Waals surface area contributed by atoms with E-state index in [0.717, 1.165) is 35.8 Å². The summed E-state index contributed by atoms with van der Waals surface area (Å²) in [4.78, 5) is 23.5. The van der Waals surface area contributed by atoms with E-state index in [1.165, 1.54) is 0 Å². The Balaban J connectivity index is 0.000000261. The zero-order valence-corrected chi connectivity index (χ0v) is 41.5. The molecular formula is C46H54BCl4F2IO6. The monoisotopic (exact) mass is 1020 g/mol. The van der Waals surface area contributed by atoms with Gasteiger partial charge < -0.3 is 18.8 Å². The van der Waals surface area contributed by atoms with E-state index in [1.54, 1.807) is 58.9 Å². The average molecular weight is 1020 g/mol. The van der Waals surface area contributed by atoms with E-state index in [1.807, 2.05) is 72.7 Å². The molecule has 0 aromatic heterocycles. The van der Waals surface area contributed by atoms with E-state index in [-0.39, 0.29) is 48.3 Å². The molecule has 1 heterocycles. The highest BCUT2D eigenvalue weighted by molar-refractivity contribution is 14.1. The van der Waals surface area contributed by atoms with Crippen molar-refractivity contribution in [1.29, 1.82) is 0 Å². The van der Waals surface area contributed by atoms with Crippen LogP contribution in [-0.2, 0) is 28.4 Å². The van der Waals surface area contributed by atoms with E-state index in [4.69, 9.17) is 65.2 Å². The van der Waals surface area contributed by atoms with Gasteiger partial charge in [-0.25, -0.2) is 8.78 Å². The SMILES string of the molecule is CCOC(=O)C[C@H](C)c1cc(-c2c(Cl)cc(C)cc2Cl)cc(C)c1F.CCOC(=O)C[C@H](C)c1cc(B2OC(C)(C)C(C)(C)O2)cc(C)c1F.Cc1cc(Cl)c(I)c(Cl)c1. The van der Waals surface area contributed by atoms with Gasteiger partial charge in [-0.1, -0.05) is 72.4 Å². The molecule has 6 nitrogen and oxygen atoms in total. The second kappa shape index (κ2) is 22.3. The van der Waals surface area contributed by atoms with Crippen LogP contribution in [0.3, 0.4) is 0 Å². The van der Waals surface area contributed by atoms with Crippen LogP contribution in [0, 0.1) is 42.9 Å². The highest BCUT2D eigenvalue weighted by Gasteiger charge is 2.52. The van der Waals surface area contributed by atoms with Crippen LogP contribution in [0.4, 0.5) is 8.78 Å². The number of carbonyl (C=O) groups excluding carboxylic acids is 2. The van der Waals surface area contributed by atoms with Gasteiger partial charge in [-0.15, -0.1) is 0 Å². The largest absolute Gasteiger partial charge is 0.494 e. The maximum atomic E-state index is 14.6. The van der Waals surface area contributed by atoms with E-state index in [9.17, 15) is 18.4 Å². The Morgan fingerprint density at radius 1 is 0.667 bits per heavy atom. The van der Waals surface area contributed by atoms with Crippen LogP contribution < -0.4 is 5.46 Å². The topological polar surface area (TPSA) is 71.1 Å². The van der Waals surface area contributed by atoms with Crippen molar-refractivity contribution in [2.75, 3.05) is 13.2 Å². The number of hydrogen-bond donors (Lipinski definition) is 0. The van der Waals surface area contributed by atoms with E-state index < -0.39 is 18.3 Å². The van der Waals surface area contributed by atoms with Gasteiger partial charge in [0.05, 0.1) is 60.9 Å². The van der Waals surface area contributed by atoms with Crippen molar-refractivity contribution in [3.63, 3.8) is 0 Å². The summed E-state index contributed by atoms with van der Waals surface area (Å²) in [5, 5.41) is 2.48. The quantitative estimate of drug-likeness (QED) is 0.0682. The molecule has 0 unspecified atom stereocenters. The Morgan fingerprint density at radius 2 is 1.05 bits per heavy atom. The number of ether oxygens (including phenoxy) is 2. The molecule has 2 atom stereocenters. The summed E-state index contributed by atoms with van der Waals surface area (Å²) >= 11 is 26.5. The lowest BCUT2D eigenvalue weighted by Gasteiger charge is -2.32. The number of rotatable bonds is 10. The summed E-state index contributed by atoms with van der Waals surface area (Å²) in [5.41, 5.74) is 5.23. The van der Waals surface area contributed by atoms with Crippen LogP contribution >= 0.6 is 69.0 Å². The molecule has 1 saturated heterocycles. The number of halogens is 7. The first-order valence-electron chi connectivity index (χ1n) is 19.7. The number of esters is 2. The van der Waals surface area contributed by atoms with Gasteiger partial charge in [0.15, 0.2) is 0 Å². The van der Waals surface area contributed by atoms with Gasteiger partial charge in [-0.2, -0.15) is 0 Å². The second-order valence-electron chi connectivity index (χ2n) is 16.0. The third-order valence-corrected chi connectivity index (χ3v) is 13.3. The van der Waals surface area contributed by atoms with Gasteiger partial charge in [0.25, 0.3) is 0 Å². The van der Waals surface area contributed by atoms with Crippen molar-refractivity contribution in [1.82, 2.24) is 0 Å². The third-order valence-electron chi connectivity index (χ3n) is 10.3. The molecule has 14 heteroatoms. The maximum absolute atomic E-state index is 14.6. The van der Waals surface area contributed by atoms with Crippen molar-refractivity contribution in [3.05, 3.63) is 117 Å². The molecule has 4 aromatic rings. The zero-order chi connectivity index (χ0) is 45.4. The minimum absolute atomic E-state index is 0.114. The molecule has 1 fully saturated rings. The fraction of sp³-hybridized carbons (Fsp3) is 0.435. The third kappa shape index (κ3) is 13.5. The van der Waals surface area contributed by atoms with Crippen LogP contribution in [-0.4, -0.2) is 43.5 Å². The Hall–Kier alpha value is -2.45. The van der Waals surface area contributed by atoms with Crippen LogP contribution in [0.1, 0.15) is 113 Å². The summed E-state index contributed by atoms with van der Waals surface area (Å²) in [6.07, 6.45) is 0.250. The van der Waals surface area contributed by atoms with Crippen molar-refractivity contribution >= 4 is 93.5 Å². The number of aryl methyl sites for hydroxylation is 4. The minimum atomic E-state index is -0.558. The Kier molecular flexibility index (Phi) is 19.3. The van der Waals surface area contributed by atoms with Crippen molar-refractivity contribution in [3.8, 4) is 11.1 Å². The summed E-state index contributed by atoms with van der Waals surface area (Å²) in [6, 6.07) is 14.4. The fourth-order valence-corrected chi connectivity index (χ4v) is 8.14. The lowest BCUT2D eigenvalue weighted by molar-refractivity contribution is -0.144. The van der Waals surface area contributed by atoms with Gasteiger partial charge in [-0.05, 0) is 184 Å². The molecule has 1 aliphatic heterocycles. The maximum Gasteiger partial charge on any atom is 0.494 e. The van der Waals surface area contributed by atoms with Crippen LogP contribution in [0.15, 0.2) is 48.5 Å². The lowest BCUT2D eigenvalue weighted by Crippen LogP contribution is -2.41. The molecular weight excluding hydrogens is 966 g/mol. The smallest absolute Gasteiger partial charge is 0.466 e. The second-order valence-corrected chi connectivity index (χ2v) is 18.7. The molecule has 0 spiro atoms. The summed E-state index contributed by atoms with van der Waals surface area (Å²) in [5.74, 6) is -1.89. The molecule has 4 aromatic carbocycles. The first-order valence-corrected chi connectivity index (χ1v) is 22.3. The number of hydrogen-bond acceptors (Lipinski definition) is 6. The highest BCUT2D eigenvalue weighted by Crippen LogP contribution is 2.40. The van der Waals surface area contributed by atoms with Crippen molar-refractivity contribution < 1.29 is 37.2 Å². The molecule has 60 heavy (non-hydrogen) atoms. The standard InChI is InChI=1S/C20H21Cl2FO2.C19H28BFO4.C7H5Cl2I/c1-5-25-18(24)9-12(3)15-10-14(8-13(4)20(15)23)19-16(21)6-11(2)7-17(19)22;1-8-23-16(22)10-12(2)15-11-14(9-13(3)17(15)21)20-24-18(4,5)19(6,7)25-20;1-4-2-5(8)7(10)6(9)3-4/h6-8,10,12H,5,9H2,1-4H3;9,11-12H,8,10H2,1-7H3;2-3H,1H3/t2*12-;/m00./s1. The lowest BCUT2D eigenvalue weighted by atomic mass is 9.76. The van der Waals surface area contributed by atoms with Gasteiger partial charge >= 0.3 is 19.1 Å². The molecule has 326 valence electrons. The Morgan fingerprint density at radius 3 is 1.47 bits per heavy atom. The Bertz CT molecular complexity index is 2120. The molecule has 0 bridgehead atoms. The molecule has 0 saturated carbocycles. The van der Waals surface area contributed by atoms with Crippen molar-refractivity contribution in [2.45, 2.75) is 119 Å². The number of benzene rings is 4. The molecule has 0 aliphatic carbocycles. The van der Waals surface area contributed by atoms with Crippen LogP contribution in [0.25, 0.3) is 11.1 Å². The van der Waals surface area contributed by atoms with Crippen LogP contribution in [0.5, 0.6) is 0 Å². The van der Waals surface area contributed by atoms with E-state index in [0.29, 0.717) is 51.1 Å². The van der Waals surface area contributed by atoms with Gasteiger partial charge in [0, 0.05) is 5.56 Å². The Labute approximate surface area is 388 Å².